The first-order valence-electron chi connectivity index (χ1n) is 6.59. The molecule has 0 unspecified atom stereocenters. The highest BCUT2D eigenvalue weighted by molar-refractivity contribution is 6.34. The van der Waals surface area contributed by atoms with Gasteiger partial charge in [0.2, 0.25) is 0 Å². The molecule has 4 aromatic rings. The van der Waals surface area contributed by atoms with Gasteiger partial charge in [0.25, 0.3) is 0 Å². The van der Waals surface area contributed by atoms with Crippen molar-refractivity contribution in [2.75, 3.05) is 11.5 Å². The van der Waals surface area contributed by atoms with Gasteiger partial charge in [-0.25, -0.2) is 0 Å². The van der Waals surface area contributed by atoms with Crippen LogP contribution in [0.2, 0.25) is 10.0 Å². The van der Waals surface area contributed by atoms with Crippen molar-refractivity contribution in [3.63, 3.8) is 0 Å². The number of aromatic amines is 2. The lowest BCUT2D eigenvalue weighted by atomic mass is 10.2. The Morgan fingerprint density at radius 3 is 1.50 bits per heavy atom. The number of aromatic nitrogens is 2. The summed E-state index contributed by atoms with van der Waals surface area (Å²) in [7, 11) is 0. The minimum atomic E-state index is 0.608. The molecule has 112 valence electrons. The second-order valence-electron chi connectivity index (χ2n) is 4.88. The third-order valence-corrected chi connectivity index (χ3v) is 4.00. The van der Waals surface area contributed by atoms with Crippen LogP contribution in [-0.2, 0) is 0 Å². The van der Waals surface area contributed by atoms with Gasteiger partial charge in [-0.05, 0) is 36.4 Å². The molecule has 22 heavy (non-hydrogen) atoms. The lowest BCUT2D eigenvalue weighted by molar-refractivity contribution is 1.48. The summed E-state index contributed by atoms with van der Waals surface area (Å²) in [6, 6.07) is 11.3. The summed E-state index contributed by atoms with van der Waals surface area (Å²) >= 11 is 11.6. The van der Waals surface area contributed by atoms with Crippen LogP contribution in [0, 0.1) is 0 Å². The van der Waals surface area contributed by atoms with Gasteiger partial charge in [-0.1, -0.05) is 23.2 Å². The summed E-state index contributed by atoms with van der Waals surface area (Å²) < 4.78 is 0. The third kappa shape index (κ3) is 2.84. The molecule has 6 heteroatoms. The Hall–Kier alpha value is -2.30. The maximum Gasteiger partial charge on any atom is 0.0642 e. The van der Waals surface area contributed by atoms with E-state index in [9.17, 15) is 0 Å². The van der Waals surface area contributed by atoms with Gasteiger partial charge in [-0.3, -0.25) is 0 Å². The summed E-state index contributed by atoms with van der Waals surface area (Å²) in [5.41, 5.74) is 14.5. The number of nitrogens with two attached hydrogens (primary N) is 2. The second kappa shape index (κ2) is 5.83. The van der Waals surface area contributed by atoms with Crippen molar-refractivity contribution < 1.29 is 0 Å². The summed E-state index contributed by atoms with van der Waals surface area (Å²) in [5, 5.41) is 3.39. The van der Waals surface area contributed by atoms with Crippen molar-refractivity contribution in [3.05, 3.63) is 58.8 Å². The molecule has 0 saturated carbocycles. The van der Waals surface area contributed by atoms with Crippen LogP contribution in [0.1, 0.15) is 0 Å². The molecule has 0 spiro atoms. The Bertz CT molecular complexity index is 790. The van der Waals surface area contributed by atoms with Gasteiger partial charge in [0.05, 0.1) is 21.4 Å². The normalized spacial score (nSPS) is 10.6. The number of hydrogen-bond acceptors (Lipinski definition) is 2. The molecule has 0 aliphatic carbocycles. The molecular weight excluding hydrogens is 319 g/mol. The standard InChI is InChI=1S/2C8H7ClN2/c2*9-6-3-5-1-2-11-8(5)4-7(6)10/h2*1-4,11H,10H2. The van der Waals surface area contributed by atoms with Crippen LogP contribution in [0.3, 0.4) is 0 Å². The first kappa shape index (κ1) is 14.6. The van der Waals surface area contributed by atoms with Gasteiger partial charge in [0.15, 0.2) is 0 Å². The van der Waals surface area contributed by atoms with E-state index in [-0.39, 0.29) is 0 Å². The van der Waals surface area contributed by atoms with Gasteiger partial charge in [-0.15, -0.1) is 0 Å². The number of fused-ring (bicyclic) bond motifs is 2. The fraction of sp³-hybridized carbons (Fsp3) is 0. The Morgan fingerprint density at radius 1 is 0.682 bits per heavy atom. The highest BCUT2D eigenvalue weighted by atomic mass is 35.5. The zero-order valence-electron chi connectivity index (χ0n) is 11.5. The molecule has 4 nitrogen and oxygen atoms in total. The summed E-state index contributed by atoms with van der Waals surface area (Å²) in [6.45, 7) is 0. The van der Waals surface area contributed by atoms with E-state index in [1.54, 1.807) is 0 Å². The molecule has 0 bridgehead atoms. The minimum Gasteiger partial charge on any atom is -0.397 e. The first-order valence-corrected chi connectivity index (χ1v) is 7.34. The summed E-state index contributed by atoms with van der Waals surface area (Å²) in [4.78, 5) is 6.10. The molecule has 0 amide bonds. The van der Waals surface area contributed by atoms with E-state index in [2.05, 4.69) is 9.97 Å². The SMILES string of the molecule is Nc1cc2[nH]ccc2cc1Cl.Nc1cc2[nH]ccc2cc1Cl. The number of nitrogens with one attached hydrogen (secondary N) is 2. The lowest BCUT2D eigenvalue weighted by Gasteiger charge is -1.96. The van der Waals surface area contributed by atoms with E-state index in [4.69, 9.17) is 34.7 Å². The maximum atomic E-state index is 5.81. The smallest absolute Gasteiger partial charge is 0.0642 e. The largest absolute Gasteiger partial charge is 0.397 e. The minimum absolute atomic E-state index is 0.608. The van der Waals surface area contributed by atoms with E-state index in [1.165, 1.54) is 0 Å². The van der Waals surface area contributed by atoms with Crippen molar-refractivity contribution in [1.82, 2.24) is 9.97 Å². The molecular formula is C16H14Cl2N4. The van der Waals surface area contributed by atoms with E-state index >= 15 is 0 Å². The van der Waals surface area contributed by atoms with Gasteiger partial charge in [-0.2, -0.15) is 0 Å². The average molecular weight is 333 g/mol. The topological polar surface area (TPSA) is 83.6 Å². The number of hydrogen-bond donors (Lipinski definition) is 4. The van der Waals surface area contributed by atoms with E-state index in [1.807, 2.05) is 48.8 Å². The van der Waals surface area contributed by atoms with Gasteiger partial charge < -0.3 is 21.4 Å². The number of benzene rings is 2. The van der Waals surface area contributed by atoms with Crippen LogP contribution in [0.15, 0.2) is 48.8 Å². The van der Waals surface area contributed by atoms with E-state index in [0.717, 1.165) is 21.8 Å². The third-order valence-electron chi connectivity index (χ3n) is 3.34. The lowest BCUT2D eigenvalue weighted by Crippen LogP contribution is -1.84. The Kier molecular flexibility index (Phi) is 3.88. The van der Waals surface area contributed by atoms with Crippen LogP contribution in [0.4, 0.5) is 11.4 Å². The first-order chi connectivity index (χ1) is 10.5. The fourth-order valence-corrected chi connectivity index (χ4v) is 2.52. The van der Waals surface area contributed by atoms with Crippen molar-refractivity contribution in [2.24, 2.45) is 0 Å². The molecule has 0 radical (unpaired) electrons. The van der Waals surface area contributed by atoms with Crippen LogP contribution in [0.5, 0.6) is 0 Å². The fourth-order valence-electron chi connectivity index (χ4n) is 2.18. The van der Waals surface area contributed by atoms with Crippen molar-refractivity contribution in [2.45, 2.75) is 0 Å². The zero-order chi connectivity index (χ0) is 15.7. The highest BCUT2D eigenvalue weighted by Gasteiger charge is 1.99. The van der Waals surface area contributed by atoms with Crippen LogP contribution >= 0.6 is 23.2 Å². The van der Waals surface area contributed by atoms with E-state index < -0.39 is 0 Å². The monoisotopic (exact) mass is 332 g/mol. The molecule has 0 aliphatic rings. The quantitative estimate of drug-likeness (QED) is 0.348. The number of anilines is 2. The van der Waals surface area contributed by atoms with Crippen molar-refractivity contribution in [1.29, 1.82) is 0 Å². The van der Waals surface area contributed by atoms with Crippen molar-refractivity contribution in [3.8, 4) is 0 Å². The molecule has 4 rings (SSSR count). The Balaban J connectivity index is 0.000000131. The van der Waals surface area contributed by atoms with Crippen LogP contribution < -0.4 is 11.5 Å². The predicted octanol–water partition coefficient (Wildman–Crippen LogP) is 4.81. The summed E-state index contributed by atoms with van der Waals surface area (Å²) in [6.07, 6.45) is 3.72. The number of H-pyrrole nitrogens is 2. The molecule has 0 fully saturated rings. The second-order valence-corrected chi connectivity index (χ2v) is 5.69. The van der Waals surface area contributed by atoms with Gasteiger partial charge in [0, 0.05) is 34.2 Å². The van der Waals surface area contributed by atoms with Gasteiger partial charge >= 0.3 is 0 Å². The molecule has 0 aliphatic heterocycles. The molecule has 0 saturated heterocycles. The zero-order valence-corrected chi connectivity index (χ0v) is 13.0. The molecule has 2 aromatic carbocycles. The Labute approximate surface area is 137 Å². The highest BCUT2D eigenvalue weighted by Crippen LogP contribution is 2.25. The Morgan fingerprint density at radius 2 is 1.09 bits per heavy atom. The number of rotatable bonds is 0. The maximum absolute atomic E-state index is 5.81. The molecule has 6 N–H and O–H groups in total. The predicted molar refractivity (Wildman–Crippen MR) is 95.4 cm³/mol. The summed E-state index contributed by atoms with van der Waals surface area (Å²) in [5.74, 6) is 0. The average Bonchev–Trinajstić information content (AvgIpc) is 3.09. The van der Waals surface area contributed by atoms with Crippen LogP contribution in [0.25, 0.3) is 21.8 Å². The van der Waals surface area contributed by atoms with Crippen LogP contribution in [-0.4, -0.2) is 9.97 Å². The molecule has 2 heterocycles. The molecule has 2 aromatic heterocycles. The molecule has 0 atom stereocenters. The number of halogens is 2. The van der Waals surface area contributed by atoms with Crippen molar-refractivity contribution >= 4 is 56.4 Å². The number of nitrogen functional groups attached to an aromatic ring is 2. The van der Waals surface area contributed by atoms with E-state index in [0.29, 0.717) is 21.4 Å². The van der Waals surface area contributed by atoms with Gasteiger partial charge in [0.1, 0.15) is 0 Å².